The maximum Gasteiger partial charge on any atom is 0.0125 e. The first-order chi connectivity index (χ1) is 9.59. The minimum atomic E-state index is 0.674. The Morgan fingerprint density at radius 1 is 0.900 bits per heavy atom. The van der Waals surface area contributed by atoms with E-state index >= 15 is 0 Å². The van der Waals surface area contributed by atoms with Crippen molar-refractivity contribution in [2.24, 2.45) is 34.0 Å². The lowest BCUT2D eigenvalue weighted by molar-refractivity contribution is -0.138. The molecule has 5 aliphatic carbocycles. The van der Waals surface area contributed by atoms with Crippen LogP contribution in [0.2, 0.25) is 0 Å². The van der Waals surface area contributed by atoms with Crippen molar-refractivity contribution in [3.05, 3.63) is 11.6 Å². The fraction of sp³-hybridized carbons (Fsp3) is 0.900. The van der Waals surface area contributed by atoms with Crippen molar-refractivity contribution in [3.8, 4) is 0 Å². The molecular weight excluding hydrogens is 240 g/mol. The standard InChI is InChI=1S/C20H30/c1-18-9-3-4-10-19(18,2)16-8-12-20-13-14(20)5-6-17(20)15(16)7-11-18/h13,15-17H,3-12H2,1-2H3. The maximum atomic E-state index is 2.71. The average molecular weight is 270 g/mol. The Kier molecular flexibility index (Phi) is 2.19. The third kappa shape index (κ3) is 1.22. The van der Waals surface area contributed by atoms with E-state index in [0.717, 1.165) is 17.8 Å². The summed E-state index contributed by atoms with van der Waals surface area (Å²) < 4.78 is 0. The minimum absolute atomic E-state index is 0.674. The molecule has 0 aromatic rings. The summed E-state index contributed by atoms with van der Waals surface area (Å²) in [5, 5.41) is 0. The quantitative estimate of drug-likeness (QED) is 0.493. The Morgan fingerprint density at radius 2 is 1.75 bits per heavy atom. The topological polar surface area (TPSA) is 0 Å². The molecule has 0 aromatic heterocycles. The molecule has 6 atom stereocenters. The first kappa shape index (κ1) is 12.3. The van der Waals surface area contributed by atoms with Crippen LogP contribution in [0.5, 0.6) is 0 Å². The van der Waals surface area contributed by atoms with E-state index in [4.69, 9.17) is 0 Å². The number of hydrogen-bond donors (Lipinski definition) is 0. The van der Waals surface area contributed by atoms with Crippen molar-refractivity contribution in [2.75, 3.05) is 0 Å². The predicted octanol–water partition coefficient (Wildman–Crippen LogP) is 5.73. The maximum absolute atomic E-state index is 2.71. The number of rotatable bonds is 0. The monoisotopic (exact) mass is 270 g/mol. The molecule has 6 unspecified atom stereocenters. The third-order valence-corrected chi connectivity index (χ3v) is 9.14. The normalized spacial score (nSPS) is 59.9. The molecule has 4 fully saturated rings. The predicted molar refractivity (Wildman–Crippen MR) is 83.4 cm³/mol. The van der Waals surface area contributed by atoms with E-state index in [1.165, 1.54) is 44.9 Å². The molecule has 0 heterocycles. The van der Waals surface area contributed by atoms with Gasteiger partial charge in [-0.05, 0) is 80.0 Å². The first-order valence-corrected chi connectivity index (χ1v) is 9.31. The molecule has 0 amide bonds. The van der Waals surface area contributed by atoms with Gasteiger partial charge in [-0.15, -0.1) is 0 Å². The summed E-state index contributed by atoms with van der Waals surface area (Å²) in [5.41, 5.74) is 3.92. The van der Waals surface area contributed by atoms with Gasteiger partial charge in [0.2, 0.25) is 0 Å². The number of fused-ring (bicyclic) bond motifs is 4. The second-order valence-corrected chi connectivity index (χ2v) is 9.39. The van der Waals surface area contributed by atoms with E-state index in [9.17, 15) is 0 Å². The lowest BCUT2D eigenvalue weighted by atomic mass is 9.41. The Bertz CT molecular complexity index is 488. The highest BCUT2D eigenvalue weighted by molar-refractivity contribution is 5.45. The van der Waals surface area contributed by atoms with Gasteiger partial charge in [-0.1, -0.05) is 38.3 Å². The molecule has 5 rings (SSSR count). The molecule has 0 aromatic carbocycles. The highest BCUT2D eigenvalue weighted by atomic mass is 14.7. The van der Waals surface area contributed by atoms with Crippen molar-refractivity contribution >= 4 is 0 Å². The van der Waals surface area contributed by atoms with Crippen molar-refractivity contribution in [3.63, 3.8) is 0 Å². The largest absolute Gasteiger partial charge is 0.0739 e. The lowest BCUT2D eigenvalue weighted by Crippen LogP contribution is -2.55. The van der Waals surface area contributed by atoms with Crippen LogP contribution in [-0.4, -0.2) is 0 Å². The zero-order chi connectivity index (χ0) is 13.6. The summed E-state index contributed by atoms with van der Waals surface area (Å²) >= 11 is 0. The molecule has 0 N–H and O–H groups in total. The SMILES string of the molecule is CC12CCCCC1(C)C1CCC34C=C3CCC4C1CC2. The molecule has 0 aliphatic heterocycles. The Labute approximate surface area is 124 Å². The van der Waals surface area contributed by atoms with Gasteiger partial charge in [0.15, 0.2) is 0 Å². The zero-order valence-corrected chi connectivity index (χ0v) is 13.4. The molecule has 0 radical (unpaired) electrons. The van der Waals surface area contributed by atoms with Crippen molar-refractivity contribution in [1.29, 1.82) is 0 Å². The van der Waals surface area contributed by atoms with Crippen LogP contribution in [0.25, 0.3) is 0 Å². The van der Waals surface area contributed by atoms with Crippen LogP contribution in [0.1, 0.15) is 78.1 Å². The molecule has 0 nitrogen and oxygen atoms in total. The van der Waals surface area contributed by atoms with E-state index in [2.05, 4.69) is 19.9 Å². The molecule has 4 saturated carbocycles. The van der Waals surface area contributed by atoms with Crippen LogP contribution < -0.4 is 0 Å². The summed E-state index contributed by atoms with van der Waals surface area (Å²) in [5.74, 6) is 3.21. The van der Waals surface area contributed by atoms with Gasteiger partial charge < -0.3 is 0 Å². The van der Waals surface area contributed by atoms with Crippen LogP contribution in [-0.2, 0) is 0 Å². The Balaban J connectivity index is 1.52. The van der Waals surface area contributed by atoms with Crippen molar-refractivity contribution in [2.45, 2.75) is 78.1 Å². The fourth-order valence-corrected chi connectivity index (χ4v) is 7.71. The highest BCUT2D eigenvalue weighted by Crippen LogP contribution is 2.74. The van der Waals surface area contributed by atoms with Crippen LogP contribution in [0.3, 0.4) is 0 Å². The van der Waals surface area contributed by atoms with E-state index < -0.39 is 0 Å². The van der Waals surface area contributed by atoms with Gasteiger partial charge in [-0.2, -0.15) is 0 Å². The van der Waals surface area contributed by atoms with Gasteiger partial charge in [0, 0.05) is 5.41 Å². The van der Waals surface area contributed by atoms with Crippen LogP contribution >= 0.6 is 0 Å². The van der Waals surface area contributed by atoms with Gasteiger partial charge in [-0.25, -0.2) is 0 Å². The first-order valence-electron chi connectivity index (χ1n) is 9.31. The van der Waals surface area contributed by atoms with Gasteiger partial charge in [0.05, 0.1) is 0 Å². The van der Waals surface area contributed by atoms with E-state index in [1.54, 1.807) is 19.3 Å². The summed E-state index contributed by atoms with van der Waals surface area (Å²) in [6, 6.07) is 0. The molecule has 0 heteroatoms. The Hall–Kier alpha value is -0.260. The van der Waals surface area contributed by atoms with Gasteiger partial charge in [0.25, 0.3) is 0 Å². The smallest absolute Gasteiger partial charge is 0.0125 e. The van der Waals surface area contributed by atoms with Gasteiger partial charge >= 0.3 is 0 Å². The van der Waals surface area contributed by atoms with E-state index in [-0.39, 0.29) is 0 Å². The number of hydrogen-bond acceptors (Lipinski definition) is 0. The molecule has 5 aliphatic rings. The lowest BCUT2D eigenvalue weighted by Gasteiger charge is -2.63. The van der Waals surface area contributed by atoms with Crippen LogP contribution in [0, 0.1) is 34.0 Å². The van der Waals surface area contributed by atoms with E-state index in [0.29, 0.717) is 16.2 Å². The average Bonchev–Trinajstić information content (AvgIpc) is 3.01. The summed E-state index contributed by atoms with van der Waals surface area (Å²) in [4.78, 5) is 0. The Morgan fingerprint density at radius 3 is 2.60 bits per heavy atom. The fourth-order valence-electron chi connectivity index (χ4n) is 7.71. The number of allylic oxidation sites excluding steroid dienone is 2. The van der Waals surface area contributed by atoms with Crippen LogP contribution in [0.15, 0.2) is 11.6 Å². The molecule has 110 valence electrons. The van der Waals surface area contributed by atoms with Crippen LogP contribution in [0.4, 0.5) is 0 Å². The molecule has 0 saturated heterocycles. The van der Waals surface area contributed by atoms with E-state index in [1.807, 2.05) is 5.57 Å². The van der Waals surface area contributed by atoms with Gasteiger partial charge in [-0.3, -0.25) is 0 Å². The highest BCUT2D eigenvalue weighted by Gasteiger charge is 2.65. The molecule has 20 heavy (non-hydrogen) atoms. The van der Waals surface area contributed by atoms with Crippen molar-refractivity contribution in [1.82, 2.24) is 0 Å². The zero-order valence-electron chi connectivity index (χ0n) is 13.4. The summed E-state index contributed by atoms with van der Waals surface area (Å²) in [6.07, 6.45) is 17.9. The molecule has 0 bridgehead atoms. The molecular formula is C20H30. The molecule has 1 spiro atoms. The summed E-state index contributed by atoms with van der Waals surface area (Å²) in [6.45, 7) is 5.36. The van der Waals surface area contributed by atoms with Gasteiger partial charge in [0.1, 0.15) is 0 Å². The summed E-state index contributed by atoms with van der Waals surface area (Å²) in [7, 11) is 0. The second kappa shape index (κ2) is 3.55. The third-order valence-electron chi connectivity index (χ3n) is 9.14. The second-order valence-electron chi connectivity index (χ2n) is 9.39. The van der Waals surface area contributed by atoms with Crippen molar-refractivity contribution < 1.29 is 0 Å². The minimum Gasteiger partial charge on any atom is -0.0739 e.